The van der Waals surface area contributed by atoms with Crippen molar-refractivity contribution < 1.29 is 4.42 Å². The van der Waals surface area contributed by atoms with Crippen molar-refractivity contribution in [2.75, 3.05) is 11.9 Å². The van der Waals surface area contributed by atoms with Gasteiger partial charge in [-0.05, 0) is 58.2 Å². The molecule has 0 atom stereocenters. The van der Waals surface area contributed by atoms with E-state index < -0.39 is 0 Å². The van der Waals surface area contributed by atoms with E-state index in [0.717, 1.165) is 34.1 Å². The van der Waals surface area contributed by atoms with Crippen LogP contribution in [0.1, 0.15) is 5.56 Å². The Kier molecular flexibility index (Phi) is 2.38. The van der Waals surface area contributed by atoms with Gasteiger partial charge in [0.15, 0.2) is 5.58 Å². The molecule has 0 bridgehead atoms. The molecule has 3 nitrogen and oxygen atoms in total. The quantitative estimate of drug-likeness (QED) is 0.730. The second-order valence-corrected chi connectivity index (χ2v) is 5.51. The van der Waals surface area contributed by atoms with E-state index in [1.54, 1.807) is 0 Å². The molecule has 0 spiro atoms. The zero-order valence-electron chi connectivity index (χ0n) is 10.1. The minimum Gasteiger partial charge on any atom is -0.435 e. The van der Waals surface area contributed by atoms with E-state index in [0.29, 0.717) is 5.89 Å². The molecule has 0 saturated carbocycles. The number of hydrogen-bond donors (Lipinski definition) is 1. The Balaban J connectivity index is 1.88. The van der Waals surface area contributed by atoms with E-state index in [-0.39, 0.29) is 0 Å². The van der Waals surface area contributed by atoms with Gasteiger partial charge in [0.25, 0.3) is 0 Å². The largest absolute Gasteiger partial charge is 0.435 e. The molecule has 1 N–H and O–H groups in total. The summed E-state index contributed by atoms with van der Waals surface area (Å²) in [6.07, 6.45) is 1.06. The van der Waals surface area contributed by atoms with E-state index in [1.165, 1.54) is 11.3 Å². The molecule has 1 aromatic heterocycles. The van der Waals surface area contributed by atoms with Crippen LogP contribution in [0.15, 0.2) is 45.3 Å². The molecule has 1 aliphatic rings. The van der Waals surface area contributed by atoms with Crippen molar-refractivity contribution in [3.8, 4) is 11.5 Å². The van der Waals surface area contributed by atoms with Gasteiger partial charge in [-0.25, -0.2) is 4.98 Å². The molecule has 0 amide bonds. The lowest BCUT2D eigenvalue weighted by molar-refractivity contribution is 0.618. The molecule has 0 aliphatic carbocycles. The fraction of sp³-hybridized carbons (Fsp3) is 0.133. The van der Waals surface area contributed by atoms with E-state index in [9.17, 15) is 0 Å². The van der Waals surface area contributed by atoms with Crippen LogP contribution in [-0.2, 0) is 6.42 Å². The van der Waals surface area contributed by atoms with Gasteiger partial charge < -0.3 is 9.73 Å². The summed E-state index contributed by atoms with van der Waals surface area (Å²) in [5, 5.41) is 3.36. The number of aromatic nitrogens is 1. The summed E-state index contributed by atoms with van der Waals surface area (Å²) in [5.74, 6) is 0.677. The van der Waals surface area contributed by atoms with Crippen LogP contribution in [0.3, 0.4) is 0 Å². The van der Waals surface area contributed by atoms with E-state index in [2.05, 4.69) is 44.4 Å². The average molecular weight is 315 g/mol. The Morgan fingerprint density at radius 1 is 1.21 bits per heavy atom. The van der Waals surface area contributed by atoms with Crippen molar-refractivity contribution in [3.05, 3.63) is 46.4 Å². The lowest BCUT2D eigenvalue weighted by atomic mass is 10.1. The average Bonchev–Trinajstić information content (AvgIpc) is 3.04. The predicted octanol–water partition coefficient (Wildman–Crippen LogP) is 4.23. The van der Waals surface area contributed by atoms with Gasteiger partial charge in [-0.1, -0.05) is 6.07 Å². The fourth-order valence-electron chi connectivity index (χ4n) is 2.48. The SMILES string of the molecule is Brc1cccc2nc(-c3ccc4c(c3)CCN4)oc12. The molecule has 3 aromatic rings. The van der Waals surface area contributed by atoms with Crippen LogP contribution in [0, 0.1) is 0 Å². The first kappa shape index (κ1) is 11.1. The highest BCUT2D eigenvalue weighted by atomic mass is 79.9. The van der Waals surface area contributed by atoms with E-state index in [4.69, 9.17) is 4.42 Å². The van der Waals surface area contributed by atoms with Gasteiger partial charge in [0.1, 0.15) is 5.52 Å². The van der Waals surface area contributed by atoms with Crippen molar-refractivity contribution in [1.82, 2.24) is 4.98 Å². The minimum absolute atomic E-state index is 0.677. The molecule has 4 heteroatoms. The third kappa shape index (κ3) is 1.75. The highest BCUT2D eigenvalue weighted by Crippen LogP contribution is 2.32. The van der Waals surface area contributed by atoms with Crippen molar-refractivity contribution in [1.29, 1.82) is 0 Å². The van der Waals surface area contributed by atoms with Crippen LogP contribution < -0.4 is 5.32 Å². The molecule has 0 unspecified atom stereocenters. The van der Waals surface area contributed by atoms with Crippen molar-refractivity contribution in [2.45, 2.75) is 6.42 Å². The first-order chi connectivity index (χ1) is 9.31. The standard InChI is InChI=1S/C15H11BrN2O/c16-11-2-1-3-13-14(11)19-15(18-13)10-4-5-12-9(8-10)6-7-17-12/h1-5,8,17H,6-7H2. The Morgan fingerprint density at radius 2 is 2.16 bits per heavy atom. The van der Waals surface area contributed by atoms with Gasteiger partial charge >= 0.3 is 0 Å². The number of fused-ring (bicyclic) bond motifs is 2. The zero-order valence-corrected chi connectivity index (χ0v) is 11.7. The number of nitrogens with one attached hydrogen (secondary N) is 1. The van der Waals surface area contributed by atoms with E-state index in [1.807, 2.05) is 18.2 Å². The number of anilines is 1. The lowest BCUT2D eigenvalue weighted by Crippen LogP contribution is -1.90. The molecule has 2 heterocycles. The summed E-state index contributed by atoms with van der Waals surface area (Å²) in [6, 6.07) is 12.2. The lowest BCUT2D eigenvalue weighted by Gasteiger charge is -2.01. The number of para-hydroxylation sites is 1. The number of oxazole rings is 1. The maximum atomic E-state index is 5.87. The van der Waals surface area contributed by atoms with Crippen molar-refractivity contribution >= 4 is 32.7 Å². The van der Waals surface area contributed by atoms with Gasteiger partial charge in [-0.2, -0.15) is 0 Å². The molecular formula is C15H11BrN2O. The van der Waals surface area contributed by atoms with Crippen LogP contribution in [0.2, 0.25) is 0 Å². The summed E-state index contributed by atoms with van der Waals surface area (Å²) in [4.78, 5) is 4.55. The molecule has 0 radical (unpaired) electrons. The fourth-order valence-corrected chi connectivity index (χ4v) is 2.91. The van der Waals surface area contributed by atoms with Gasteiger partial charge in [0, 0.05) is 17.8 Å². The molecule has 94 valence electrons. The maximum Gasteiger partial charge on any atom is 0.227 e. The highest BCUT2D eigenvalue weighted by Gasteiger charge is 2.14. The third-order valence-corrected chi connectivity index (χ3v) is 4.05. The maximum absolute atomic E-state index is 5.87. The van der Waals surface area contributed by atoms with Crippen molar-refractivity contribution in [3.63, 3.8) is 0 Å². The zero-order chi connectivity index (χ0) is 12.8. The van der Waals surface area contributed by atoms with Gasteiger partial charge in [-0.15, -0.1) is 0 Å². The molecule has 19 heavy (non-hydrogen) atoms. The molecule has 4 rings (SSSR count). The summed E-state index contributed by atoms with van der Waals surface area (Å²) >= 11 is 3.49. The normalized spacial score (nSPS) is 13.5. The van der Waals surface area contributed by atoms with Crippen LogP contribution in [0.4, 0.5) is 5.69 Å². The summed E-state index contributed by atoms with van der Waals surface area (Å²) in [6.45, 7) is 1.01. The summed E-state index contributed by atoms with van der Waals surface area (Å²) in [5.41, 5.74) is 5.27. The van der Waals surface area contributed by atoms with Gasteiger partial charge in [0.05, 0.1) is 4.47 Å². The summed E-state index contributed by atoms with van der Waals surface area (Å²) < 4.78 is 6.80. The number of nitrogens with zero attached hydrogens (tertiary/aromatic N) is 1. The Labute approximate surface area is 118 Å². The Bertz CT molecular complexity index is 779. The number of benzene rings is 2. The van der Waals surface area contributed by atoms with Crippen LogP contribution in [-0.4, -0.2) is 11.5 Å². The second kappa shape index (κ2) is 4.10. The van der Waals surface area contributed by atoms with Gasteiger partial charge in [-0.3, -0.25) is 0 Å². The first-order valence-electron chi connectivity index (χ1n) is 6.23. The first-order valence-corrected chi connectivity index (χ1v) is 7.03. The molecule has 1 aliphatic heterocycles. The second-order valence-electron chi connectivity index (χ2n) is 4.66. The predicted molar refractivity (Wildman–Crippen MR) is 79.3 cm³/mol. The van der Waals surface area contributed by atoms with Gasteiger partial charge in [0.2, 0.25) is 5.89 Å². The minimum atomic E-state index is 0.677. The van der Waals surface area contributed by atoms with Crippen LogP contribution >= 0.6 is 15.9 Å². The monoisotopic (exact) mass is 314 g/mol. The highest BCUT2D eigenvalue weighted by molar-refractivity contribution is 9.10. The molecule has 0 saturated heterocycles. The molecule has 0 fully saturated rings. The molecular weight excluding hydrogens is 304 g/mol. The van der Waals surface area contributed by atoms with Crippen LogP contribution in [0.25, 0.3) is 22.6 Å². The Morgan fingerprint density at radius 3 is 3.05 bits per heavy atom. The molecule has 2 aromatic carbocycles. The number of hydrogen-bond acceptors (Lipinski definition) is 3. The summed E-state index contributed by atoms with van der Waals surface area (Å²) in [7, 11) is 0. The van der Waals surface area contributed by atoms with E-state index >= 15 is 0 Å². The topological polar surface area (TPSA) is 38.1 Å². The van der Waals surface area contributed by atoms with Crippen molar-refractivity contribution in [2.24, 2.45) is 0 Å². The third-order valence-electron chi connectivity index (χ3n) is 3.43. The van der Waals surface area contributed by atoms with Crippen LogP contribution in [0.5, 0.6) is 0 Å². The number of halogens is 1. The smallest absolute Gasteiger partial charge is 0.227 e. The Hall–Kier alpha value is -1.81. The number of rotatable bonds is 1.